The zero-order valence-electron chi connectivity index (χ0n) is 15.4. The largest absolute Gasteiger partial charge is 0.493 e. The first kappa shape index (κ1) is 20.0. The van der Waals surface area contributed by atoms with Gasteiger partial charge in [-0.25, -0.2) is 0 Å². The van der Waals surface area contributed by atoms with Gasteiger partial charge in [-0.05, 0) is 17.7 Å². The second-order valence-electron chi connectivity index (χ2n) is 5.56. The predicted molar refractivity (Wildman–Crippen MR) is 105 cm³/mol. The van der Waals surface area contributed by atoms with Gasteiger partial charge in [0.15, 0.2) is 11.5 Å². The minimum Gasteiger partial charge on any atom is -0.493 e. The van der Waals surface area contributed by atoms with Crippen LogP contribution in [0.25, 0.3) is 0 Å². The molecular weight excluding hydrogens is 350 g/mol. The zero-order valence-corrected chi connectivity index (χ0v) is 16.2. The molecule has 2 rings (SSSR count). The highest BCUT2D eigenvalue weighted by Crippen LogP contribution is 2.39. The molecule has 0 aliphatic rings. The Bertz CT molecular complexity index is 706. The summed E-state index contributed by atoms with van der Waals surface area (Å²) in [5.41, 5.74) is 2.11. The molecule has 0 unspecified atom stereocenters. The Morgan fingerprint density at radius 1 is 0.962 bits per heavy atom. The highest BCUT2D eigenvalue weighted by Gasteiger charge is 2.16. The van der Waals surface area contributed by atoms with Crippen LogP contribution in [0.1, 0.15) is 17.5 Å². The first-order valence-electron chi connectivity index (χ1n) is 8.35. The fourth-order valence-electron chi connectivity index (χ4n) is 2.51. The number of nitrogens with one attached hydrogen (secondary N) is 1. The van der Waals surface area contributed by atoms with Crippen LogP contribution in [0.15, 0.2) is 42.5 Å². The molecule has 2 aromatic rings. The number of carbonyl (C=O) groups is 1. The van der Waals surface area contributed by atoms with Gasteiger partial charge in [0.05, 0.1) is 21.3 Å². The minimum absolute atomic E-state index is 0.0161. The Morgan fingerprint density at radius 3 is 2.35 bits per heavy atom. The third-order valence-electron chi connectivity index (χ3n) is 3.85. The van der Waals surface area contributed by atoms with Crippen molar-refractivity contribution < 1.29 is 19.0 Å². The van der Waals surface area contributed by atoms with Crippen LogP contribution in [0.4, 0.5) is 0 Å². The maximum atomic E-state index is 12.1. The van der Waals surface area contributed by atoms with E-state index in [0.717, 1.165) is 17.1 Å². The van der Waals surface area contributed by atoms with E-state index in [1.807, 2.05) is 24.3 Å². The third-order valence-corrected chi connectivity index (χ3v) is 4.88. The molecule has 1 amide bonds. The highest BCUT2D eigenvalue weighted by atomic mass is 32.2. The molecule has 5 nitrogen and oxygen atoms in total. The molecule has 0 bridgehead atoms. The topological polar surface area (TPSA) is 56.8 Å². The Hall–Kier alpha value is -2.34. The summed E-state index contributed by atoms with van der Waals surface area (Å²) in [7, 11) is 4.71. The lowest BCUT2D eigenvalue weighted by Gasteiger charge is -2.16. The van der Waals surface area contributed by atoms with Gasteiger partial charge in [-0.3, -0.25) is 4.79 Å². The van der Waals surface area contributed by atoms with E-state index in [1.165, 1.54) is 5.56 Å². The maximum absolute atomic E-state index is 12.1. The van der Waals surface area contributed by atoms with E-state index in [-0.39, 0.29) is 5.91 Å². The van der Waals surface area contributed by atoms with E-state index in [9.17, 15) is 4.79 Å². The molecule has 2 aromatic carbocycles. The van der Waals surface area contributed by atoms with Crippen LogP contribution < -0.4 is 19.5 Å². The Balaban J connectivity index is 1.81. The van der Waals surface area contributed by atoms with Crippen molar-refractivity contribution in [1.82, 2.24) is 5.32 Å². The van der Waals surface area contributed by atoms with Crippen molar-refractivity contribution >= 4 is 17.7 Å². The molecule has 0 saturated heterocycles. The molecule has 0 aliphatic heterocycles. The summed E-state index contributed by atoms with van der Waals surface area (Å²) in [5, 5.41) is 2.93. The summed E-state index contributed by atoms with van der Waals surface area (Å²) >= 11 is 1.75. The molecule has 0 heterocycles. The van der Waals surface area contributed by atoms with Crippen molar-refractivity contribution in [3.05, 3.63) is 53.6 Å². The summed E-state index contributed by atoms with van der Waals surface area (Å²) in [6.45, 7) is 0.381. The first-order chi connectivity index (χ1) is 12.7. The molecule has 0 spiro atoms. The predicted octanol–water partition coefficient (Wildman–Crippen LogP) is 3.65. The molecular formula is C20H25NO4S. The van der Waals surface area contributed by atoms with E-state index < -0.39 is 0 Å². The van der Waals surface area contributed by atoms with Crippen molar-refractivity contribution in [2.75, 3.05) is 27.1 Å². The second kappa shape index (κ2) is 10.6. The van der Waals surface area contributed by atoms with E-state index in [2.05, 4.69) is 17.4 Å². The molecule has 1 N–H and O–H groups in total. The molecule has 140 valence electrons. The van der Waals surface area contributed by atoms with Gasteiger partial charge in [0.2, 0.25) is 11.7 Å². The smallest absolute Gasteiger partial charge is 0.221 e. The summed E-state index contributed by atoms with van der Waals surface area (Å²) in [6, 6.07) is 13.9. The number of ether oxygens (including phenoxy) is 3. The van der Waals surface area contributed by atoms with Crippen LogP contribution in [0.5, 0.6) is 17.2 Å². The SMILES string of the molecule is COc1ccc(CNC(=O)CCSCc2ccccc2)c(OC)c1OC. The first-order valence-corrected chi connectivity index (χ1v) is 9.51. The summed E-state index contributed by atoms with van der Waals surface area (Å²) < 4.78 is 16.1. The summed E-state index contributed by atoms with van der Waals surface area (Å²) in [5.74, 6) is 3.41. The fourth-order valence-corrected chi connectivity index (χ4v) is 3.42. The van der Waals surface area contributed by atoms with Crippen molar-refractivity contribution in [3.63, 3.8) is 0 Å². The number of rotatable bonds is 10. The molecule has 0 saturated carbocycles. The number of benzene rings is 2. The monoisotopic (exact) mass is 375 g/mol. The van der Waals surface area contributed by atoms with Crippen LogP contribution in [-0.4, -0.2) is 33.0 Å². The lowest BCUT2D eigenvalue weighted by atomic mass is 10.1. The number of thioether (sulfide) groups is 1. The van der Waals surface area contributed by atoms with Gasteiger partial charge in [-0.15, -0.1) is 0 Å². The summed E-state index contributed by atoms with van der Waals surface area (Å²) in [6.07, 6.45) is 0.479. The number of hydrogen-bond donors (Lipinski definition) is 1. The lowest BCUT2D eigenvalue weighted by Crippen LogP contribution is -2.23. The van der Waals surface area contributed by atoms with Crippen molar-refractivity contribution in [1.29, 1.82) is 0 Å². The molecule has 0 aromatic heterocycles. The van der Waals surface area contributed by atoms with Crippen molar-refractivity contribution in [2.45, 2.75) is 18.7 Å². The zero-order chi connectivity index (χ0) is 18.8. The van der Waals surface area contributed by atoms with Crippen molar-refractivity contribution in [3.8, 4) is 17.2 Å². The van der Waals surface area contributed by atoms with Gasteiger partial charge in [0, 0.05) is 30.0 Å². The van der Waals surface area contributed by atoms with Crippen molar-refractivity contribution in [2.24, 2.45) is 0 Å². The van der Waals surface area contributed by atoms with E-state index in [1.54, 1.807) is 39.2 Å². The Morgan fingerprint density at radius 2 is 1.69 bits per heavy atom. The molecule has 0 atom stereocenters. The quantitative estimate of drug-likeness (QED) is 0.643. The molecule has 26 heavy (non-hydrogen) atoms. The number of methoxy groups -OCH3 is 3. The molecule has 0 aliphatic carbocycles. The van der Waals surface area contributed by atoms with E-state index in [4.69, 9.17) is 14.2 Å². The van der Waals surface area contributed by atoms with Crippen LogP contribution >= 0.6 is 11.8 Å². The lowest BCUT2D eigenvalue weighted by molar-refractivity contribution is -0.120. The fraction of sp³-hybridized carbons (Fsp3) is 0.350. The normalized spacial score (nSPS) is 10.3. The van der Waals surface area contributed by atoms with E-state index >= 15 is 0 Å². The van der Waals surface area contributed by atoms with Crippen LogP contribution in [-0.2, 0) is 17.1 Å². The number of hydrogen-bond acceptors (Lipinski definition) is 5. The van der Waals surface area contributed by atoms with Crippen LogP contribution in [0.2, 0.25) is 0 Å². The van der Waals surface area contributed by atoms with Gasteiger partial charge >= 0.3 is 0 Å². The van der Waals surface area contributed by atoms with Gasteiger partial charge in [0.1, 0.15) is 0 Å². The van der Waals surface area contributed by atoms with E-state index in [0.29, 0.717) is 30.2 Å². The minimum atomic E-state index is 0.0161. The van der Waals surface area contributed by atoms with Gasteiger partial charge in [0.25, 0.3) is 0 Å². The molecule has 0 radical (unpaired) electrons. The van der Waals surface area contributed by atoms with Gasteiger partial charge in [-0.2, -0.15) is 11.8 Å². The Kier molecular flexibility index (Phi) is 8.15. The summed E-state index contributed by atoms with van der Waals surface area (Å²) in [4.78, 5) is 12.1. The maximum Gasteiger partial charge on any atom is 0.221 e. The number of amides is 1. The van der Waals surface area contributed by atoms with Gasteiger partial charge in [-0.1, -0.05) is 30.3 Å². The number of carbonyl (C=O) groups excluding carboxylic acids is 1. The highest BCUT2D eigenvalue weighted by molar-refractivity contribution is 7.98. The average Bonchev–Trinajstić information content (AvgIpc) is 2.69. The Labute approximate surface area is 159 Å². The van der Waals surface area contributed by atoms with Crippen LogP contribution in [0.3, 0.4) is 0 Å². The standard InChI is InChI=1S/C20H25NO4S/c1-23-17-10-9-16(19(24-2)20(17)25-3)13-21-18(22)11-12-26-14-15-7-5-4-6-8-15/h4-10H,11-14H2,1-3H3,(H,21,22). The third kappa shape index (κ3) is 5.59. The van der Waals surface area contributed by atoms with Crippen LogP contribution in [0, 0.1) is 0 Å². The molecule has 0 fully saturated rings. The average molecular weight is 375 g/mol. The second-order valence-corrected chi connectivity index (χ2v) is 6.66. The molecule has 6 heteroatoms. The van der Waals surface area contributed by atoms with Gasteiger partial charge < -0.3 is 19.5 Å².